The molecule has 4 rings (SSSR count). The highest BCUT2D eigenvalue weighted by atomic mass is 35.5. The van der Waals surface area contributed by atoms with Gasteiger partial charge in [-0.2, -0.15) is 0 Å². The second kappa shape index (κ2) is 8.79. The van der Waals surface area contributed by atoms with Gasteiger partial charge in [-0.25, -0.2) is 4.79 Å². The van der Waals surface area contributed by atoms with Crippen molar-refractivity contribution >= 4 is 40.9 Å². The maximum atomic E-state index is 12.4. The number of aromatic nitrogens is 1. The quantitative estimate of drug-likeness (QED) is 0.631. The molecule has 0 radical (unpaired) electrons. The predicted molar refractivity (Wildman–Crippen MR) is 120 cm³/mol. The van der Waals surface area contributed by atoms with Crippen LogP contribution in [0.15, 0.2) is 54.6 Å². The van der Waals surface area contributed by atoms with Crippen LogP contribution in [0.4, 0.5) is 5.69 Å². The van der Waals surface area contributed by atoms with Crippen LogP contribution in [-0.4, -0.2) is 35.6 Å². The Hall–Kier alpha value is -2.99. The van der Waals surface area contributed by atoms with E-state index in [1.165, 1.54) is 0 Å². The van der Waals surface area contributed by atoms with Gasteiger partial charge in [-0.15, -0.1) is 12.4 Å². The fourth-order valence-corrected chi connectivity index (χ4v) is 4.40. The van der Waals surface area contributed by atoms with Gasteiger partial charge in [-0.05, 0) is 43.2 Å². The zero-order valence-electron chi connectivity index (χ0n) is 17.1. The number of nitrogens with two attached hydrogens (primary N) is 1. The minimum Gasteiger partial charge on any atom is -0.461 e. The summed E-state index contributed by atoms with van der Waals surface area (Å²) in [4.78, 5) is 26.7. The summed E-state index contributed by atoms with van der Waals surface area (Å²) in [6.07, 6.45) is 0.860. The van der Waals surface area contributed by atoms with Gasteiger partial charge in [0.15, 0.2) is 0 Å². The summed E-state index contributed by atoms with van der Waals surface area (Å²) in [5, 5.41) is 0.930. The normalized spacial score (nSPS) is 18.3. The molecule has 2 N–H and O–H groups in total. The number of hydrogen-bond donors (Lipinski definition) is 1. The average Bonchev–Trinajstić information content (AvgIpc) is 3.30. The molecule has 0 aliphatic carbocycles. The summed E-state index contributed by atoms with van der Waals surface area (Å²) in [6.45, 7) is 2.87. The number of rotatable bonds is 5. The van der Waals surface area contributed by atoms with Crippen molar-refractivity contribution in [3.63, 3.8) is 0 Å². The van der Waals surface area contributed by atoms with Gasteiger partial charge in [0.25, 0.3) is 0 Å². The Bertz CT molecular complexity index is 1060. The summed E-state index contributed by atoms with van der Waals surface area (Å²) >= 11 is 0. The predicted octanol–water partition coefficient (Wildman–Crippen LogP) is 3.62. The Balaban J connectivity index is 0.00000256. The van der Waals surface area contributed by atoms with Crippen LogP contribution in [0.1, 0.15) is 35.3 Å². The number of ether oxygens (including phenoxy) is 1. The first-order chi connectivity index (χ1) is 14.0. The molecule has 7 heteroatoms. The van der Waals surface area contributed by atoms with Crippen LogP contribution in [0.5, 0.6) is 0 Å². The van der Waals surface area contributed by atoms with E-state index in [1.807, 2.05) is 54.1 Å². The molecule has 1 aliphatic heterocycles. The lowest BCUT2D eigenvalue weighted by Gasteiger charge is -2.27. The minimum atomic E-state index is -0.400. The van der Waals surface area contributed by atoms with E-state index >= 15 is 0 Å². The number of aryl methyl sites for hydroxylation is 1. The van der Waals surface area contributed by atoms with Gasteiger partial charge in [0.1, 0.15) is 11.7 Å². The van der Waals surface area contributed by atoms with Gasteiger partial charge in [0.2, 0.25) is 5.91 Å². The van der Waals surface area contributed by atoms with E-state index in [1.54, 1.807) is 6.92 Å². The largest absolute Gasteiger partial charge is 0.461 e. The summed E-state index contributed by atoms with van der Waals surface area (Å²) in [5.74, 6) is -0.597. The van der Waals surface area contributed by atoms with Crippen LogP contribution in [0.3, 0.4) is 0 Å². The maximum absolute atomic E-state index is 12.4. The first-order valence-corrected chi connectivity index (χ1v) is 9.88. The molecule has 2 atom stereocenters. The monoisotopic (exact) mass is 427 g/mol. The fraction of sp³-hybridized carbons (Fsp3) is 0.304. The van der Waals surface area contributed by atoms with Gasteiger partial charge >= 0.3 is 5.97 Å². The van der Waals surface area contributed by atoms with Crippen LogP contribution in [0.2, 0.25) is 0 Å². The molecule has 0 bridgehead atoms. The smallest absolute Gasteiger partial charge is 0.354 e. The maximum Gasteiger partial charge on any atom is 0.354 e. The number of amides is 1. The topological polar surface area (TPSA) is 77.6 Å². The number of hydrogen-bond acceptors (Lipinski definition) is 4. The third-order valence-electron chi connectivity index (χ3n) is 5.76. The molecule has 1 saturated heterocycles. The van der Waals surface area contributed by atoms with Gasteiger partial charge in [-0.3, -0.25) is 4.79 Å². The fourth-order valence-electron chi connectivity index (χ4n) is 4.40. The van der Waals surface area contributed by atoms with E-state index in [2.05, 4.69) is 17.0 Å². The highest BCUT2D eigenvalue weighted by Gasteiger charge is 2.39. The van der Waals surface area contributed by atoms with Crippen molar-refractivity contribution < 1.29 is 14.3 Å². The van der Waals surface area contributed by atoms with Gasteiger partial charge in [-0.1, -0.05) is 30.3 Å². The molecule has 1 amide bonds. The molecule has 30 heavy (non-hydrogen) atoms. The third-order valence-corrected chi connectivity index (χ3v) is 5.76. The summed E-state index contributed by atoms with van der Waals surface area (Å²) in [5.41, 5.74) is 9.33. The molecule has 3 aromatic rings. The molecular formula is C23H26ClN3O3. The van der Waals surface area contributed by atoms with E-state index in [9.17, 15) is 9.59 Å². The number of nitrogens with zero attached hydrogens (tertiary/aromatic N) is 2. The Morgan fingerprint density at radius 3 is 2.53 bits per heavy atom. The van der Waals surface area contributed by atoms with Crippen molar-refractivity contribution in [1.82, 2.24) is 4.57 Å². The molecule has 2 aromatic carbocycles. The summed E-state index contributed by atoms with van der Waals surface area (Å²) in [6, 6.07) is 17.5. The molecule has 0 spiro atoms. The standard InChI is InChI=1S/C23H25N3O3.ClH/c1-3-29-23(28)20-14-16-13-17(9-10-19(16)25(20)2)26-12-11-18(21(26)22(24)27)15-7-5-4-6-8-15;/h4-10,13-14,18,21H,3,11-12H2,1-2H3,(H2,24,27);1H/t18-,21+;/m1./s1. The Morgan fingerprint density at radius 1 is 1.13 bits per heavy atom. The number of benzene rings is 2. The van der Waals surface area contributed by atoms with Crippen molar-refractivity contribution in [2.24, 2.45) is 12.8 Å². The lowest BCUT2D eigenvalue weighted by atomic mass is 9.91. The van der Waals surface area contributed by atoms with Gasteiger partial charge in [0.05, 0.1) is 6.61 Å². The second-order valence-electron chi connectivity index (χ2n) is 7.40. The van der Waals surface area contributed by atoms with Crippen molar-refractivity contribution in [3.8, 4) is 0 Å². The lowest BCUT2D eigenvalue weighted by molar-refractivity contribution is -0.119. The second-order valence-corrected chi connectivity index (χ2v) is 7.40. The number of fused-ring (bicyclic) bond motifs is 1. The van der Waals surface area contributed by atoms with E-state index in [0.29, 0.717) is 12.3 Å². The summed E-state index contributed by atoms with van der Waals surface area (Å²) in [7, 11) is 1.85. The first kappa shape index (κ1) is 21.7. The molecule has 158 valence electrons. The molecule has 1 fully saturated rings. The van der Waals surface area contributed by atoms with Crippen LogP contribution in [0, 0.1) is 0 Å². The number of carbonyl (C=O) groups is 2. The molecule has 2 heterocycles. The number of esters is 1. The average molecular weight is 428 g/mol. The molecule has 0 unspecified atom stereocenters. The molecular weight excluding hydrogens is 402 g/mol. The Labute approximate surface area is 182 Å². The molecule has 6 nitrogen and oxygen atoms in total. The van der Waals surface area contributed by atoms with E-state index in [-0.39, 0.29) is 30.2 Å². The SMILES string of the molecule is CCOC(=O)c1cc2cc(N3CC[C@H](c4ccccc4)[C@H]3C(N)=O)ccc2n1C.Cl. The highest BCUT2D eigenvalue weighted by Crippen LogP contribution is 2.37. The van der Waals surface area contributed by atoms with Crippen molar-refractivity contribution in [2.75, 3.05) is 18.1 Å². The summed E-state index contributed by atoms with van der Waals surface area (Å²) < 4.78 is 6.98. The van der Waals surface area contributed by atoms with Crippen molar-refractivity contribution in [2.45, 2.75) is 25.3 Å². The van der Waals surface area contributed by atoms with Crippen LogP contribution < -0.4 is 10.6 Å². The zero-order valence-corrected chi connectivity index (χ0v) is 17.9. The van der Waals surface area contributed by atoms with Crippen molar-refractivity contribution in [1.29, 1.82) is 0 Å². The third kappa shape index (κ3) is 3.75. The first-order valence-electron chi connectivity index (χ1n) is 9.88. The van der Waals surface area contributed by atoms with Crippen LogP contribution in [0.25, 0.3) is 10.9 Å². The van der Waals surface area contributed by atoms with Crippen molar-refractivity contribution in [3.05, 3.63) is 65.9 Å². The zero-order chi connectivity index (χ0) is 20.5. The van der Waals surface area contributed by atoms with E-state index in [0.717, 1.165) is 35.1 Å². The Kier molecular flexibility index (Phi) is 6.37. The Morgan fingerprint density at radius 2 is 1.87 bits per heavy atom. The number of primary amides is 1. The van der Waals surface area contributed by atoms with Crippen LogP contribution in [-0.2, 0) is 16.6 Å². The van der Waals surface area contributed by atoms with E-state index < -0.39 is 6.04 Å². The van der Waals surface area contributed by atoms with E-state index in [4.69, 9.17) is 10.5 Å². The van der Waals surface area contributed by atoms with Crippen LogP contribution >= 0.6 is 12.4 Å². The molecule has 1 aromatic heterocycles. The van der Waals surface area contributed by atoms with Gasteiger partial charge in [0, 0.05) is 36.1 Å². The minimum absolute atomic E-state index is 0. The molecule has 1 aliphatic rings. The number of halogens is 1. The highest BCUT2D eigenvalue weighted by molar-refractivity contribution is 5.97. The van der Waals surface area contributed by atoms with Gasteiger partial charge < -0.3 is 19.9 Å². The number of carbonyl (C=O) groups excluding carboxylic acids is 2. The lowest BCUT2D eigenvalue weighted by Crippen LogP contribution is -2.43. The number of anilines is 1. The molecule has 0 saturated carbocycles.